The number of rotatable bonds is 4. The maximum Gasteiger partial charge on any atom is 0.338 e. The minimum Gasteiger partial charge on any atom is -0.463 e. The fourth-order valence-corrected chi connectivity index (χ4v) is 4.37. The third-order valence-corrected chi connectivity index (χ3v) is 5.83. The zero-order valence-electron chi connectivity index (χ0n) is 16.6. The molecule has 0 unspecified atom stereocenters. The second-order valence-electron chi connectivity index (χ2n) is 7.17. The maximum absolute atomic E-state index is 13.1. The van der Waals surface area contributed by atoms with Crippen molar-refractivity contribution >= 4 is 33.5 Å². The van der Waals surface area contributed by atoms with Crippen LogP contribution in [0.4, 0.5) is 5.82 Å². The number of hydrogen-bond acceptors (Lipinski definition) is 6. The number of carbonyl (C=O) groups is 2. The molecule has 1 atom stereocenters. The molecule has 6 nitrogen and oxygen atoms in total. The summed E-state index contributed by atoms with van der Waals surface area (Å²) in [5.74, 6) is -0.228. The number of pyridine rings is 1. The molecular formula is C23H22BrN3O3. The molecule has 4 rings (SSSR count). The van der Waals surface area contributed by atoms with Crippen LogP contribution in [0.25, 0.3) is 0 Å². The molecule has 154 valence electrons. The van der Waals surface area contributed by atoms with Gasteiger partial charge in [-0.25, -0.2) is 9.78 Å². The lowest BCUT2D eigenvalue weighted by atomic mass is 9.75. The number of ketones is 1. The van der Waals surface area contributed by atoms with Crippen LogP contribution in [0.5, 0.6) is 0 Å². The molecule has 2 N–H and O–H groups in total. The first-order valence-corrected chi connectivity index (χ1v) is 10.7. The Morgan fingerprint density at radius 2 is 2.00 bits per heavy atom. The predicted molar refractivity (Wildman–Crippen MR) is 117 cm³/mol. The number of esters is 1. The Morgan fingerprint density at radius 1 is 1.23 bits per heavy atom. The minimum atomic E-state index is -0.556. The van der Waals surface area contributed by atoms with Gasteiger partial charge in [-0.05, 0) is 53.4 Å². The smallest absolute Gasteiger partial charge is 0.338 e. The first kappa shape index (κ1) is 20.3. The quantitative estimate of drug-likeness (QED) is 0.678. The van der Waals surface area contributed by atoms with Gasteiger partial charge >= 0.3 is 5.97 Å². The van der Waals surface area contributed by atoms with E-state index in [1.807, 2.05) is 42.5 Å². The Bertz CT molecular complexity index is 1050. The molecule has 30 heavy (non-hydrogen) atoms. The topological polar surface area (TPSA) is 85.5 Å². The van der Waals surface area contributed by atoms with Gasteiger partial charge in [-0.1, -0.05) is 30.3 Å². The lowest BCUT2D eigenvalue weighted by molar-refractivity contribution is -0.138. The maximum atomic E-state index is 13.1. The SMILES string of the molecule is CCOC(=O)C1=C(N)N(c2ccc(Br)cn2)C2=C(C(=O)CCC2)[C@H]1c1ccccc1. The summed E-state index contributed by atoms with van der Waals surface area (Å²) < 4.78 is 6.18. The highest BCUT2D eigenvalue weighted by Crippen LogP contribution is 2.46. The summed E-state index contributed by atoms with van der Waals surface area (Å²) in [5.41, 5.74) is 9.15. The van der Waals surface area contributed by atoms with E-state index in [9.17, 15) is 9.59 Å². The first-order valence-electron chi connectivity index (χ1n) is 9.92. The lowest BCUT2D eigenvalue weighted by Gasteiger charge is -2.40. The Morgan fingerprint density at radius 3 is 2.67 bits per heavy atom. The Kier molecular flexibility index (Phi) is 5.72. The van der Waals surface area contributed by atoms with Crippen LogP contribution in [0, 0.1) is 0 Å². The van der Waals surface area contributed by atoms with Crippen LogP contribution in [0.15, 0.2) is 75.8 Å². The van der Waals surface area contributed by atoms with Crippen molar-refractivity contribution in [2.45, 2.75) is 32.1 Å². The van der Waals surface area contributed by atoms with Crippen molar-refractivity contribution in [2.75, 3.05) is 11.5 Å². The number of halogens is 1. The van der Waals surface area contributed by atoms with E-state index in [1.54, 1.807) is 18.0 Å². The number of nitrogens with two attached hydrogens (primary N) is 1. The van der Waals surface area contributed by atoms with Gasteiger partial charge in [0.1, 0.15) is 11.6 Å². The molecule has 2 aromatic rings. The molecule has 0 fully saturated rings. The van der Waals surface area contributed by atoms with Crippen LogP contribution >= 0.6 is 15.9 Å². The van der Waals surface area contributed by atoms with Gasteiger partial charge in [0.15, 0.2) is 5.78 Å². The number of nitrogens with zero attached hydrogens (tertiary/aromatic N) is 2. The first-order chi connectivity index (χ1) is 14.5. The van der Waals surface area contributed by atoms with Crippen LogP contribution in [-0.2, 0) is 14.3 Å². The number of Topliss-reactive ketones (excluding diaryl/α,β-unsaturated/α-hetero) is 1. The molecule has 0 bridgehead atoms. The van der Waals surface area contributed by atoms with E-state index in [2.05, 4.69) is 20.9 Å². The van der Waals surface area contributed by atoms with E-state index in [0.29, 0.717) is 24.2 Å². The summed E-state index contributed by atoms with van der Waals surface area (Å²) in [6, 6.07) is 13.2. The second-order valence-corrected chi connectivity index (χ2v) is 8.09. The van der Waals surface area contributed by atoms with Gasteiger partial charge in [0.05, 0.1) is 18.1 Å². The molecule has 0 spiro atoms. The fraction of sp³-hybridized carbons (Fsp3) is 0.261. The van der Waals surface area contributed by atoms with Crippen molar-refractivity contribution in [2.24, 2.45) is 5.73 Å². The monoisotopic (exact) mass is 467 g/mol. The predicted octanol–water partition coefficient (Wildman–Crippen LogP) is 4.19. The minimum absolute atomic E-state index is 0.0292. The summed E-state index contributed by atoms with van der Waals surface area (Å²) in [7, 11) is 0. The number of carbonyl (C=O) groups excluding carboxylic acids is 2. The summed E-state index contributed by atoms with van der Waals surface area (Å²) >= 11 is 3.39. The van der Waals surface area contributed by atoms with Crippen molar-refractivity contribution in [3.05, 3.63) is 81.4 Å². The number of benzene rings is 1. The van der Waals surface area contributed by atoms with E-state index in [1.165, 1.54) is 0 Å². The molecule has 7 heteroatoms. The molecule has 2 heterocycles. The average Bonchev–Trinajstić information content (AvgIpc) is 2.75. The molecule has 1 aromatic heterocycles. The molecule has 0 saturated heterocycles. The molecule has 1 aromatic carbocycles. The highest BCUT2D eigenvalue weighted by Gasteiger charge is 2.43. The summed E-state index contributed by atoms with van der Waals surface area (Å²) in [6.07, 6.45) is 3.52. The van der Waals surface area contributed by atoms with Gasteiger partial charge in [-0.15, -0.1) is 0 Å². The summed E-state index contributed by atoms with van der Waals surface area (Å²) in [6.45, 7) is 1.97. The third-order valence-electron chi connectivity index (χ3n) is 5.36. The van der Waals surface area contributed by atoms with E-state index >= 15 is 0 Å². The van der Waals surface area contributed by atoms with E-state index in [0.717, 1.165) is 22.2 Å². The van der Waals surface area contributed by atoms with Crippen molar-refractivity contribution in [3.8, 4) is 0 Å². The standard InChI is InChI=1S/C23H22BrN3O3/c1-2-30-23(29)21-19(14-7-4-3-5-8-14)20-16(9-6-10-17(20)28)27(22(21)25)18-12-11-15(24)13-26-18/h3-5,7-8,11-13,19H,2,6,9-10,25H2,1H3/t19-/m1/s1. The number of aromatic nitrogens is 1. The lowest BCUT2D eigenvalue weighted by Crippen LogP contribution is -2.41. The van der Waals surface area contributed by atoms with Crippen LogP contribution < -0.4 is 10.6 Å². The van der Waals surface area contributed by atoms with Crippen molar-refractivity contribution in [1.82, 2.24) is 4.98 Å². The molecule has 0 radical (unpaired) electrons. The Labute approximate surface area is 183 Å². The van der Waals surface area contributed by atoms with Gasteiger partial charge in [0.25, 0.3) is 0 Å². The van der Waals surface area contributed by atoms with Gasteiger partial charge < -0.3 is 10.5 Å². The van der Waals surface area contributed by atoms with Crippen LogP contribution in [0.3, 0.4) is 0 Å². The molecule has 2 aliphatic rings. The largest absolute Gasteiger partial charge is 0.463 e. The van der Waals surface area contributed by atoms with Crippen molar-refractivity contribution in [3.63, 3.8) is 0 Å². The molecule has 0 amide bonds. The number of hydrogen-bond donors (Lipinski definition) is 1. The van der Waals surface area contributed by atoms with Crippen molar-refractivity contribution < 1.29 is 14.3 Å². The van der Waals surface area contributed by atoms with Gasteiger partial charge in [-0.2, -0.15) is 0 Å². The van der Waals surface area contributed by atoms with Crippen LogP contribution in [-0.4, -0.2) is 23.3 Å². The number of allylic oxidation sites excluding steroid dienone is 2. The fourth-order valence-electron chi connectivity index (χ4n) is 4.14. The molecular weight excluding hydrogens is 446 g/mol. The Balaban J connectivity index is 1.98. The van der Waals surface area contributed by atoms with Crippen LogP contribution in [0.1, 0.15) is 37.7 Å². The van der Waals surface area contributed by atoms with Gasteiger partial charge in [0, 0.05) is 28.4 Å². The average molecular weight is 468 g/mol. The number of ether oxygens (including phenoxy) is 1. The molecule has 0 saturated carbocycles. The zero-order chi connectivity index (χ0) is 21.3. The zero-order valence-corrected chi connectivity index (χ0v) is 18.2. The highest BCUT2D eigenvalue weighted by molar-refractivity contribution is 9.10. The second kappa shape index (κ2) is 8.44. The molecule has 1 aliphatic carbocycles. The van der Waals surface area contributed by atoms with Crippen molar-refractivity contribution in [1.29, 1.82) is 0 Å². The Hall–Kier alpha value is -2.93. The van der Waals surface area contributed by atoms with E-state index in [4.69, 9.17) is 10.5 Å². The summed E-state index contributed by atoms with van der Waals surface area (Å²) in [4.78, 5) is 32.4. The summed E-state index contributed by atoms with van der Waals surface area (Å²) in [5, 5.41) is 0. The van der Waals surface area contributed by atoms with Crippen LogP contribution in [0.2, 0.25) is 0 Å². The van der Waals surface area contributed by atoms with E-state index in [-0.39, 0.29) is 23.8 Å². The highest BCUT2D eigenvalue weighted by atomic mass is 79.9. The van der Waals surface area contributed by atoms with E-state index < -0.39 is 11.9 Å². The van der Waals surface area contributed by atoms with Gasteiger partial charge in [-0.3, -0.25) is 9.69 Å². The third kappa shape index (κ3) is 3.54. The number of anilines is 1. The van der Waals surface area contributed by atoms with Gasteiger partial charge in [0.2, 0.25) is 0 Å². The molecule has 1 aliphatic heterocycles. The normalized spacial score (nSPS) is 19.1.